The standard InChI is InChI=1S/C22H19F3O6S2/c1-9-13(20(28)30-3)16(26)18(32-9)15(11-7-5-6-8-12(11)22(23,24)25)19-17(27)14(10(2)33-19)21(29)31-4/h5-8,15,26-27H,1-4H3. The molecule has 0 saturated carbocycles. The first kappa shape index (κ1) is 24.6. The van der Waals surface area contributed by atoms with Gasteiger partial charge in [-0.05, 0) is 25.5 Å². The molecule has 0 bridgehead atoms. The van der Waals surface area contributed by atoms with E-state index in [2.05, 4.69) is 0 Å². The lowest BCUT2D eigenvalue weighted by Gasteiger charge is -2.21. The minimum Gasteiger partial charge on any atom is -0.506 e. The fraction of sp³-hybridized carbons (Fsp3) is 0.273. The van der Waals surface area contributed by atoms with Crippen LogP contribution < -0.4 is 0 Å². The van der Waals surface area contributed by atoms with Crippen molar-refractivity contribution in [3.63, 3.8) is 0 Å². The molecule has 3 aromatic rings. The number of benzene rings is 1. The van der Waals surface area contributed by atoms with Gasteiger partial charge in [0.25, 0.3) is 0 Å². The summed E-state index contributed by atoms with van der Waals surface area (Å²) in [6, 6.07) is 4.74. The minimum atomic E-state index is -4.74. The molecule has 0 radical (unpaired) electrons. The molecule has 0 atom stereocenters. The summed E-state index contributed by atoms with van der Waals surface area (Å²) in [7, 11) is 2.23. The maximum absolute atomic E-state index is 13.9. The van der Waals surface area contributed by atoms with Crippen LogP contribution in [0.25, 0.3) is 0 Å². The van der Waals surface area contributed by atoms with E-state index in [1.807, 2.05) is 0 Å². The van der Waals surface area contributed by atoms with E-state index in [1.165, 1.54) is 32.0 Å². The van der Waals surface area contributed by atoms with Gasteiger partial charge in [0.15, 0.2) is 0 Å². The fourth-order valence-corrected chi connectivity index (χ4v) is 6.01. The molecule has 0 fully saturated rings. The Hall–Kier alpha value is -3.05. The number of hydrogen-bond donors (Lipinski definition) is 2. The first-order valence-electron chi connectivity index (χ1n) is 9.41. The Bertz CT molecular complexity index is 1160. The van der Waals surface area contributed by atoms with Crippen molar-refractivity contribution in [1.82, 2.24) is 0 Å². The first-order chi connectivity index (χ1) is 15.4. The summed E-state index contributed by atoms with van der Waals surface area (Å²) in [5.74, 6) is -4.12. The van der Waals surface area contributed by atoms with Crippen molar-refractivity contribution in [2.24, 2.45) is 0 Å². The zero-order chi connectivity index (χ0) is 24.7. The van der Waals surface area contributed by atoms with Gasteiger partial charge in [0.1, 0.15) is 22.6 Å². The Morgan fingerprint density at radius 1 is 0.879 bits per heavy atom. The monoisotopic (exact) mass is 500 g/mol. The van der Waals surface area contributed by atoms with Gasteiger partial charge in [-0.2, -0.15) is 13.2 Å². The number of ether oxygens (including phenoxy) is 2. The number of alkyl halides is 3. The molecule has 0 aliphatic heterocycles. The predicted octanol–water partition coefficient (Wildman–Crippen LogP) is 5.61. The van der Waals surface area contributed by atoms with Crippen LogP contribution in [0, 0.1) is 13.8 Å². The van der Waals surface area contributed by atoms with Crippen LogP contribution in [0.4, 0.5) is 13.2 Å². The number of methoxy groups -OCH3 is 2. The molecule has 0 aliphatic rings. The van der Waals surface area contributed by atoms with E-state index in [0.717, 1.165) is 43.0 Å². The summed E-state index contributed by atoms with van der Waals surface area (Å²) >= 11 is 1.80. The zero-order valence-corrected chi connectivity index (χ0v) is 19.5. The normalized spacial score (nSPS) is 11.6. The number of hydrogen-bond acceptors (Lipinski definition) is 8. The molecule has 2 aromatic heterocycles. The highest BCUT2D eigenvalue weighted by atomic mass is 32.1. The number of thiophene rings is 2. The minimum absolute atomic E-state index is 0.00225. The molecule has 33 heavy (non-hydrogen) atoms. The number of aryl methyl sites for hydroxylation is 2. The Kier molecular flexibility index (Phi) is 6.75. The van der Waals surface area contributed by atoms with E-state index < -0.39 is 41.1 Å². The van der Waals surface area contributed by atoms with Gasteiger partial charge in [-0.1, -0.05) is 18.2 Å². The van der Waals surface area contributed by atoms with E-state index in [0.29, 0.717) is 9.75 Å². The van der Waals surface area contributed by atoms with Gasteiger partial charge < -0.3 is 19.7 Å². The third kappa shape index (κ3) is 4.30. The van der Waals surface area contributed by atoms with E-state index in [9.17, 15) is 33.0 Å². The van der Waals surface area contributed by atoms with Crippen LogP contribution in [0.2, 0.25) is 0 Å². The largest absolute Gasteiger partial charge is 0.506 e. The molecule has 2 N–H and O–H groups in total. The number of carbonyl (C=O) groups is 2. The summed E-state index contributed by atoms with van der Waals surface area (Å²) in [4.78, 5) is 25.0. The van der Waals surface area contributed by atoms with Crippen molar-refractivity contribution >= 4 is 34.6 Å². The Morgan fingerprint density at radius 3 is 1.70 bits per heavy atom. The van der Waals surface area contributed by atoms with Gasteiger partial charge in [0.2, 0.25) is 0 Å². The van der Waals surface area contributed by atoms with Crippen molar-refractivity contribution in [2.75, 3.05) is 14.2 Å². The van der Waals surface area contributed by atoms with E-state index in [4.69, 9.17) is 9.47 Å². The number of rotatable bonds is 5. The van der Waals surface area contributed by atoms with E-state index in [1.54, 1.807) is 0 Å². The van der Waals surface area contributed by atoms with Crippen LogP contribution >= 0.6 is 22.7 Å². The highest BCUT2D eigenvalue weighted by Crippen LogP contribution is 2.52. The van der Waals surface area contributed by atoms with Crippen LogP contribution in [0.15, 0.2) is 24.3 Å². The first-order valence-corrected chi connectivity index (χ1v) is 11.0. The average molecular weight is 501 g/mol. The van der Waals surface area contributed by atoms with Crippen LogP contribution in [0.3, 0.4) is 0 Å². The summed E-state index contributed by atoms with van der Waals surface area (Å²) in [6.45, 7) is 3.04. The maximum atomic E-state index is 13.9. The maximum Gasteiger partial charge on any atom is 0.416 e. The molecular weight excluding hydrogens is 481 g/mol. The molecular formula is C22H19F3O6S2. The molecule has 0 amide bonds. The fourth-order valence-electron chi connectivity index (χ4n) is 3.59. The van der Waals surface area contributed by atoms with Gasteiger partial charge in [-0.15, -0.1) is 22.7 Å². The highest BCUT2D eigenvalue weighted by molar-refractivity contribution is 7.14. The summed E-state index contributed by atoms with van der Waals surface area (Å²) < 4.78 is 51.1. The lowest BCUT2D eigenvalue weighted by atomic mass is 9.89. The molecule has 6 nitrogen and oxygen atoms in total. The molecule has 1 aromatic carbocycles. The molecule has 0 saturated heterocycles. The number of aromatic hydroxyl groups is 2. The lowest BCUT2D eigenvalue weighted by molar-refractivity contribution is -0.138. The smallest absolute Gasteiger partial charge is 0.416 e. The van der Waals surface area contributed by atoms with Gasteiger partial charge in [0, 0.05) is 9.75 Å². The van der Waals surface area contributed by atoms with E-state index in [-0.39, 0.29) is 26.4 Å². The molecule has 176 valence electrons. The lowest BCUT2D eigenvalue weighted by Crippen LogP contribution is -2.13. The molecule has 0 aliphatic carbocycles. The third-order valence-corrected chi connectivity index (χ3v) is 7.37. The summed E-state index contributed by atoms with van der Waals surface area (Å²) in [5.41, 5.74) is -1.59. The Balaban J connectivity index is 2.40. The predicted molar refractivity (Wildman–Crippen MR) is 117 cm³/mol. The summed E-state index contributed by atoms with van der Waals surface area (Å²) in [6.07, 6.45) is -4.74. The van der Waals surface area contributed by atoms with Crippen molar-refractivity contribution in [2.45, 2.75) is 25.9 Å². The van der Waals surface area contributed by atoms with Gasteiger partial charge in [-0.3, -0.25) is 0 Å². The second-order valence-electron chi connectivity index (χ2n) is 6.99. The molecule has 3 rings (SSSR count). The number of esters is 2. The van der Waals surface area contributed by atoms with Crippen molar-refractivity contribution in [3.8, 4) is 11.5 Å². The van der Waals surface area contributed by atoms with Gasteiger partial charge in [-0.25, -0.2) is 9.59 Å². The SMILES string of the molecule is COC(=O)c1c(C)sc(C(c2ccccc2C(F)(F)F)c2sc(C)c(C(=O)OC)c2O)c1O. The van der Waals surface area contributed by atoms with Gasteiger partial charge in [0.05, 0.1) is 35.5 Å². The topological polar surface area (TPSA) is 93.1 Å². The van der Waals surface area contributed by atoms with Gasteiger partial charge >= 0.3 is 18.1 Å². The second-order valence-corrected chi connectivity index (χ2v) is 9.51. The van der Waals surface area contributed by atoms with Crippen molar-refractivity contribution < 1.29 is 42.4 Å². The molecule has 0 unspecified atom stereocenters. The number of carbonyl (C=O) groups excluding carboxylic acids is 2. The third-order valence-electron chi connectivity index (χ3n) is 5.05. The summed E-state index contributed by atoms with van der Waals surface area (Å²) in [5, 5.41) is 21.8. The van der Waals surface area contributed by atoms with Crippen LogP contribution in [-0.2, 0) is 15.7 Å². The van der Waals surface area contributed by atoms with E-state index >= 15 is 0 Å². The molecule has 11 heteroatoms. The zero-order valence-electron chi connectivity index (χ0n) is 17.9. The Labute approximate surface area is 194 Å². The molecule has 0 spiro atoms. The van der Waals surface area contributed by atoms with Crippen LogP contribution in [-0.4, -0.2) is 36.4 Å². The average Bonchev–Trinajstić information content (AvgIpc) is 3.21. The van der Waals surface area contributed by atoms with Crippen molar-refractivity contribution in [1.29, 1.82) is 0 Å². The quantitative estimate of drug-likeness (QED) is 0.443. The highest BCUT2D eigenvalue weighted by Gasteiger charge is 2.40. The number of halogens is 3. The van der Waals surface area contributed by atoms with Crippen LogP contribution in [0.1, 0.15) is 57.3 Å². The molecule has 2 heterocycles. The van der Waals surface area contributed by atoms with Crippen molar-refractivity contribution in [3.05, 3.63) is 66.0 Å². The second kappa shape index (κ2) is 9.06. The Morgan fingerprint density at radius 2 is 1.30 bits per heavy atom. The van der Waals surface area contributed by atoms with Crippen LogP contribution in [0.5, 0.6) is 11.5 Å².